The number of carbonyl (C=O) groups is 6. The fourth-order valence-corrected chi connectivity index (χ4v) is 8.41. The van der Waals surface area contributed by atoms with E-state index in [0.717, 1.165) is 34.4 Å². The van der Waals surface area contributed by atoms with Crippen LogP contribution in [0.4, 0.5) is 0 Å². The molecule has 14 nitrogen and oxygen atoms in total. The molecule has 69 heavy (non-hydrogen) atoms. The van der Waals surface area contributed by atoms with Gasteiger partial charge in [-0.15, -0.1) is 0 Å². The third-order valence-electron chi connectivity index (χ3n) is 11.6. The maximum absolute atomic E-state index is 14.1. The number of ether oxygens (including phenoxy) is 8. The molecule has 0 heterocycles. The highest BCUT2D eigenvalue weighted by molar-refractivity contribution is 5.97. The number of hydrogen-bond acceptors (Lipinski definition) is 14. The SMILES string of the molecule is C=CC(=O)OCCCOc1ccc(C(=O)Oc2ccc(OC(=O)c3cccc4c3C3(CC4)CCc4cccc(C(=O)Oc5ccc(OC(=O)c6ccc(OCOC(=O)C=C)cc6)cc5)c43)cc2)cc1. The minimum Gasteiger partial charge on any atom is -0.493 e. The summed E-state index contributed by atoms with van der Waals surface area (Å²) in [5, 5.41) is 0. The number of hydrogen-bond donors (Lipinski definition) is 0. The van der Waals surface area contributed by atoms with Crippen LogP contribution in [0.3, 0.4) is 0 Å². The number of benzene rings is 6. The molecular formula is C55H44O14. The molecule has 0 aromatic heterocycles. The highest BCUT2D eigenvalue weighted by atomic mass is 16.7. The van der Waals surface area contributed by atoms with Crippen LogP contribution in [0.25, 0.3) is 0 Å². The molecule has 14 heteroatoms. The van der Waals surface area contributed by atoms with Crippen molar-refractivity contribution in [3.8, 4) is 34.5 Å². The van der Waals surface area contributed by atoms with Gasteiger partial charge in [0.2, 0.25) is 6.79 Å². The second kappa shape index (κ2) is 21.2. The molecule has 1 spiro atoms. The smallest absolute Gasteiger partial charge is 0.343 e. The van der Waals surface area contributed by atoms with Crippen molar-refractivity contribution in [2.24, 2.45) is 0 Å². The van der Waals surface area contributed by atoms with Crippen molar-refractivity contribution in [3.63, 3.8) is 0 Å². The average molecular weight is 929 g/mol. The number of esters is 6. The van der Waals surface area contributed by atoms with E-state index in [9.17, 15) is 28.8 Å². The maximum Gasteiger partial charge on any atom is 0.343 e. The van der Waals surface area contributed by atoms with Gasteiger partial charge in [-0.05, 0) is 157 Å². The van der Waals surface area contributed by atoms with Crippen molar-refractivity contribution in [2.75, 3.05) is 20.0 Å². The van der Waals surface area contributed by atoms with Crippen LogP contribution in [-0.2, 0) is 37.3 Å². The normalized spacial score (nSPS) is 14.0. The van der Waals surface area contributed by atoms with Gasteiger partial charge in [0.25, 0.3) is 0 Å². The first-order chi connectivity index (χ1) is 33.5. The summed E-state index contributed by atoms with van der Waals surface area (Å²) in [4.78, 5) is 76.2. The van der Waals surface area contributed by atoms with E-state index in [-0.39, 0.29) is 42.0 Å². The number of rotatable bonds is 18. The topological polar surface area (TPSA) is 176 Å². The van der Waals surface area contributed by atoms with Gasteiger partial charge >= 0.3 is 35.8 Å². The Morgan fingerprint density at radius 2 is 0.841 bits per heavy atom. The number of aryl methyl sites for hydroxylation is 2. The summed E-state index contributed by atoms with van der Waals surface area (Å²) < 4.78 is 43.6. The molecule has 348 valence electrons. The Kier molecular flexibility index (Phi) is 14.4. The quantitative estimate of drug-likeness (QED) is 0.0262. The molecule has 8 rings (SSSR count). The van der Waals surface area contributed by atoms with Gasteiger partial charge in [0, 0.05) is 24.0 Å². The van der Waals surface area contributed by atoms with E-state index in [1.54, 1.807) is 48.5 Å². The lowest BCUT2D eigenvalue weighted by atomic mass is 9.73. The van der Waals surface area contributed by atoms with Crippen LogP contribution in [0.1, 0.15) is 82.9 Å². The highest BCUT2D eigenvalue weighted by Crippen LogP contribution is 2.54. The highest BCUT2D eigenvalue weighted by Gasteiger charge is 2.49. The van der Waals surface area contributed by atoms with Crippen molar-refractivity contribution in [1.82, 2.24) is 0 Å². The molecule has 6 aromatic carbocycles. The molecular weight excluding hydrogens is 885 g/mol. The molecule has 2 aliphatic carbocycles. The molecule has 0 aliphatic heterocycles. The van der Waals surface area contributed by atoms with Gasteiger partial charge in [-0.1, -0.05) is 37.4 Å². The molecule has 1 atom stereocenters. The average Bonchev–Trinajstić information content (AvgIpc) is 3.95. The summed E-state index contributed by atoms with van der Waals surface area (Å²) in [6.07, 6.45) is 5.33. The molecule has 1 unspecified atom stereocenters. The van der Waals surface area contributed by atoms with E-state index < -0.39 is 41.2 Å². The summed E-state index contributed by atoms with van der Waals surface area (Å²) in [6.45, 7) is 6.86. The Morgan fingerprint density at radius 3 is 1.28 bits per heavy atom. The third-order valence-corrected chi connectivity index (χ3v) is 11.6. The standard InChI is InChI=1S/C55H44O14/c1-3-47(56)63-33-7-32-62-39-16-12-37(13-17-39)51(58)66-41-20-24-43(25-21-41)68-53(60)45-10-5-8-35-28-30-55(49(35)45)31-29-36-9-6-11-46(50(36)55)54(61)69-44-26-22-42(23-27-44)67-52(59)38-14-18-40(19-15-38)64-34-65-48(57)4-2/h3-6,8-27H,1-2,7,28-34H2. The van der Waals surface area contributed by atoms with Gasteiger partial charge in [0.05, 0.1) is 35.5 Å². The molecule has 0 bridgehead atoms. The van der Waals surface area contributed by atoms with Crippen LogP contribution in [-0.4, -0.2) is 55.8 Å². The summed E-state index contributed by atoms with van der Waals surface area (Å²) in [6, 6.07) is 35.9. The fourth-order valence-electron chi connectivity index (χ4n) is 8.41. The molecule has 2 aliphatic rings. The van der Waals surface area contributed by atoms with Crippen molar-refractivity contribution in [3.05, 3.63) is 203 Å². The Labute approximate surface area is 396 Å². The van der Waals surface area contributed by atoms with Gasteiger partial charge < -0.3 is 37.9 Å². The van der Waals surface area contributed by atoms with Gasteiger partial charge in [0.1, 0.15) is 34.5 Å². The van der Waals surface area contributed by atoms with E-state index in [1.165, 1.54) is 60.7 Å². The van der Waals surface area contributed by atoms with Crippen LogP contribution in [0.5, 0.6) is 34.5 Å². The fraction of sp³-hybridized carbons (Fsp3) is 0.164. The largest absolute Gasteiger partial charge is 0.493 e. The first-order valence-electron chi connectivity index (χ1n) is 21.9. The Bertz CT molecular complexity index is 2920. The maximum atomic E-state index is 14.1. The van der Waals surface area contributed by atoms with Crippen LogP contribution in [0.2, 0.25) is 0 Å². The zero-order valence-corrected chi connectivity index (χ0v) is 37.1. The van der Waals surface area contributed by atoms with Crippen molar-refractivity contribution < 1.29 is 66.7 Å². The number of carbonyl (C=O) groups excluding carboxylic acids is 6. The summed E-state index contributed by atoms with van der Waals surface area (Å²) in [7, 11) is 0. The summed E-state index contributed by atoms with van der Waals surface area (Å²) >= 11 is 0. The minimum atomic E-state index is -0.652. The second-order valence-electron chi connectivity index (χ2n) is 15.8. The van der Waals surface area contributed by atoms with Gasteiger partial charge in [-0.2, -0.15) is 0 Å². The van der Waals surface area contributed by atoms with Crippen molar-refractivity contribution in [2.45, 2.75) is 37.5 Å². The molecule has 0 saturated carbocycles. The van der Waals surface area contributed by atoms with Crippen LogP contribution < -0.4 is 28.4 Å². The second-order valence-corrected chi connectivity index (χ2v) is 15.8. The Balaban J connectivity index is 0.892. The van der Waals surface area contributed by atoms with Crippen molar-refractivity contribution >= 4 is 35.8 Å². The minimum absolute atomic E-state index is 0.196. The Morgan fingerprint density at radius 1 is 0.449 bits per heavy atom. The predicted molar refractivity (Wildman–Crippen MR) is 249 cm³/mol. The Hall–Kier alpha value is -8.78. The monoisotopic (exact) mass is 928 g/mol. The summed E-state index contributed by atoms with van der Waals surface area (Å²) in [5.41, 5.74) is 4.31. The van der Waals surface area contributed by atoms with E-state index in [0.29, 0.717) is 66.9 Å². The van der Waals surface area contributed by atoms with Crippen LogP contribution >= 0.6 is 0 Å². The van der Waals surface area contributed by atoms with Gasteiger partial charge in [-0.3, -0.25) is 0 Å². The van der Waals surface area contributed by atoms with Crippen LogP contribution in [0, 0.1) is 0 Å². The van der Waals surface area contributed by atoms with Gasteiger partial charge in [0.15, 0.2) is 0 Å². The molecule has 0 N–H and O–H groups in total. The molecule has 0 radical (unpaired) electrons. The lowest BCUT2D eigenvalue weighted by Crippen LogP contribution is -2.28. The molecule has 6 aromatic rings. The van der Waals surface area contributed by atoms with Crippen LogP contribution in [0.15, 0.2) is 159 Å². The lowest BCUT2D eigenvalue weighted by molar-refractivity contribution is -0.144. The van der Waals surface area contributed by atoms with E-state index in [2.05, 4.69) is 13.2 Å². The first-order valence-corrected chi connectivity index (χ1v) is 21.9. The molecule has 0 saturated heterocycles. The third kappa shape index (κ3) is 10.9. The lowest BCUT2D eigenvalue weighted by Gasteiger charge is -2.30. The van der Waals surface area contributed by atoms with Crippen molar-refractivity contribution in [1.29, 1.82) is 0 Å². The van der Waals surface area contributed by atoms with E-state index >= 15 is 0 Å². The van der Waals surface area contributed by atoms with Gasteiger partial charge in [-0.25, -0.2) is 28.8 Å². The number of fused-ring (bicyclic) bond motifs is 4. The first kappa shape index (κ1) is 46.7. The van der Waals surface area contributed by atoms with E-state index in [1.807, 2.05) is 24.3 Å². The molecule has 0 amide bonds. The molecule has 0 fully saturated rings. The zero-order chi connectivity index (χ0) is 48.3. The zero-order valence-electron chi connectivity index (χ0n) is 37.1. The summed E-state index contributed by atoms with van der Waals surface area (Å²) in [5.74, 6) is -1.63. The van der Waals surface area contributed by atoms with E-state index in [4.69, 9.17) is 37.9 Å². The predicted octanol–water partition coefficient (Wildman–Crippen LogP) is 9.31.